The van der Waals surface area contributed by atoms with Crippen molar-refractivity contribution in [1.29, 1.82) is 0 Å². The van der Waals surface area contributed by atoms with Crippen LogP contribution in [0.2, 0.25) is 0 Å². The first-order valence-electron chi connectivity index (χ1n) is 6.66. The van der Waals surface area contributed by atoms with Crippen molar-refractivity contribution in [2.24, 2.45) is 5.73 Å². The molecule has 0 aromatic heterocycles. The third-order valence-electron chi connectivity index (χ3n) is 3.49. The minimum atomic E-state index is -0.236. The lowest BCUT2D eigenvalue weighted by Gasteiger charge is -2.33. The fraction of sp³-hybridized carbons (Fsp3) is 0.857. The van der Waals surface area contributed by atoms with Gasteiger partial charge in [-0.15, -0.1) is 0 Å². The summed E-state index contributed by atoms with van der Waals surface area (Å²) in [5.41, 5.74) is 7.50. The smallest absolute Gasteiger partial charge is 0.0814 e. The van der Waals surface area contributed by atoms with Gasteiger partial charge in [0.05, 0.1) is 11.6 Å². The van der Waals surface area contributed by atoms with Gasteiger partial charge in [0.1, 0.15) is 0 Å². The molecule has 0 saturated heterocycles. The van der Waals surface area contributed by atoms with Gasteiger partial charge < -0.3 is 10.5 Å². The maximum absolute atomic E-state index is 6.34. The zero-order chi connectivity index (χ0) is 12.0. The van der Waals surface area contributed by atoms with Crippen LogP contribution in [-0.4, -0.2) is 18.2 Å². The van der Waals surface area contributed by atoms with Crippen molar-refractivity contribution in [3.05, 3.63) is 11.6 Å². The van der Waals surface area contributed by atoms with Crippen molar-refractivity contribution >= 4 is 0 Å². The van der Waals surface area contributed by atoms with Gasteiger partial charge in [0, 0.05) is 6.61 Å². The van der Waals surface area contributed by atoms with E-state index in [9.17, 15) is 0 Å². The molecule has 2 nitrogen and oxygen atoms in total. The molecule has 16 heavy (non-hydrogen) atoms. The summed E-state index contributed by atoms with van der Waals surface area (Å²) in [6, 6.07) is 0.0468. The average Bonchev–Trinajstić information content (AvgIpc) is 2.16. The van der Waals surface area contributed by atoms with Crippen LogP contribution < -0.4 is 5.73 Å². The van der Waals surface area contributed by atoms with Gasteiger partial charge in [-0.2, -0.15) is 0 Å². The van der Waals surface area contributed by atoms with Crippen molar-refractivity contribution in [3.8, 4) is 0 Å². The maximum atomic E-state index is 6.34. The number of hydrogen-bond acceptors (Lipinski definition) is 2. The van der Waals surface area contributed by atoms with Gasteiger partial charge in [-0.1, -0.05) is 24.5 Å². The van der Waals surface area contributed by atoms with Gasteiger partial charge in [0.15, 0.2) is 0 Å². The van der Waals surface area contributed by atoms with E-state index >= 15 is 0 Å². The summed E-state index contributed by atoms with van der Waals surface area (Å²) in [5, 5.41) is 0. The standard InChI is InChI=1S/C14H27NO/c1-4-16-14(2,3)13(15)12-10-8-6-5-7-9-11-12/h10,13H,4-9,11,15H2,1-3H3. The zero-order valence-electron chi connectivity index (χ0n) is 11.1. The summed E-state index contributed by atoms with van der Waals surface area (Å²) in [6.07, 6.45) is 9.99. The SMILES string of the molecule is CCOC(C)(C)C(N)C1=CCCCCCC1. The predicted octanol–water partition coefficient (Wildman–Crippen LogP) is 3.41. The monoisotopic (exact) mass is 225 g/mol. The molecule has 0 bridgehead atoms. The molecule has 0 amide bonds. The van der Waals surface area contributed by atoms with Crippen LogP contribution in [0.5, 0.6) is 0 Å². The average molecular weight is 225 g/mol. The van der Waals surface area contributed by atoms with Crippen LogP contribution in [0.3, 0.4) is 0 Å². The highest BCUT2D eigenvalue weighted by Crippen LogP contribution is 2.25. The van der Waals surface area contributed by atoms with Crippen LogP contribution in [0.15, 0.2) is 11.6 Å². The lowest BCUT2D eigenvalue weighted by molar-refractivity contribution is -0.0217. The van der Waals surface area contributed by atoms with Crippen LogP contribution in [0.1, 0.15) is 59.3 Å². The van der Waals surface area contributed by atoms with Gasteiger partial charge in [0.2, 0.25) is 0 Å². The molecule has 0 aromatic rings. The quantitative estimate of drug-likeness (QED) is 0.744. The Kier molecular flexibility index (Phi) is 5.50. The molecule has 1 aliphatic rings. The molecule has 0 heterocycles. The van der Waals surface area contributed by atoms with Crippen molar-refractivity contribution in [2.75, 3.05) is 6.61 Å². The van der Waals surface area contributed by atoms with Crippen LogP contribution in [0, 0.1) is 0 Å². The molecule has 0 aromatic carbocycles. The molecule has 94 valence electrons. The minimum absolute atomic E-state index is 0.0468. The molecule has 0 saturated carbocycles. The second-order valence-corrected chi connectivity index (χ2v) is 5.25. The fourth-order valence-electron chi connectivity index (χ4n) is 2.41. The second-order valence-electron chi connectivity index (χ2n) is 5.25. The summed E-state index contributed by atoms with van der Waals surface area (Å²) < 4.78 is 5.75. The highest BCUT2D eigenvalue weighted by molar-refractivity contribution is 5.15. The second kappa shape index (κ2) is 6.41. The number of nitrogens with two attached hydrogens (primary N) is 1. The predicted molar refractivity (Wildman–Crippen MR) is 69.5 cm³/mol. The molecule has 0 fully saturated rings. The molecule has 0 radical (unpaired) electrons. The number of hydrogen-bond donors (Lipinski definition) is 1. The first-order valence-corrected chi connectivity index (χ1v) is 6.66. The highest BCUT2D eigenvalue weighted by Gasteiger charge is 2.29. The summed E-state index contributed by atoms with van der Waals surface area (Å²) in [6.45, 7) is 6.95. The Morgan fingerprint density at radius 1 is 1.31 bits per heavy atom. The van der Waals surface area contributed by atoms with E-state index in [-0.39, 0.29) is 11.6 Å². The molecule has 2 N–H and O–H groups in total. The fourth-order valence-corrected chi connectivity index (χ4v) is 2.41. The van der Waals surface area contributed by atoms with Gasteiger partial charge in [0.25, 0.3) is 0 Å². The van der Waals surface area contributed by atoms with Crippen molar-refractivity contribution < 1.29 is 4.74 Å². The molecule has 2 heteroatoms. The van der Waals surface area contributed by atoms with Crippen molar-refractivity contribution in [2.45, 2.75) is 70.9 Å². The molecular weight excluding hydrogens is 198 g/mol. The minimum Gasteiger partial charge on any atom is -0.374 e. The first-order chi connectivity index (χ1) is 7.58. The van der Waals surface area contributed by atoms with Crippen LogP contribution >= 0.6 is 0 Å². The van der Waals surface area contributed by atoms with Gasteiger partial charge in [-0.3, -0.25) is 0 Å². The molecular formula is C14H27NO. The summed E-state index contributed by atoms with van der Waals surface area (Å²) in [5.74, 6) is 0. The molecule has 0 spiro atoms. The van der Waals surface area contributed by atoms with E-state index in [1.165, 1.54) is 37.7 Å². The summed E-state index contributed by atoms with van der Waals surface area (Å²) >= 11 is 0. The number of rotatable bonds is 4. The van der Waals surface area contributed by atoms with E-state index in [1.54, 1.807) is 0 Å². The van der Waals surface area contributed by atoms with E-state index < -0.39 is 0 Å². The normalized spacial score (nSPS) is 20.9. The van der Waals surface area contributed by atoms with Gasteiger partial charge >= 0.3 is 0 Å². The van der Waals surface area contributed by atoms with Crippen molar-refractivity contribution in [3.63, 3.8) is 0 Å². The van der Waals surface area contributed by atoms with E-state index in [0.717, 1.165) is 13.0 Å². The van der Waals surface area contributed by atoms with Crippen molar-refractivity contribution in [1.82, 2.24) is 0 Å². The molecule has 1 atom stereocenters. The van der Waals surface area contributed by atoms with Gasteiger partial charge in [-0.25, -0.2) is 0 Å². The van der Waals surface area contributed by atoms with Crippen LogP contribution in [0.25, 0.3) is 0 Å². The van der Waals surface area contributed by atoms with Crippen LogP contribution in [-0.2, 0) is 4.74 Å². The lowest BCUT2D eigenvalue weighted by Crippen LogP contribution is -2.46. The number of allylic oxidation sites excluding steroid dienone is 1. The largest absolute Gasteiger partial charge is 0.374 e. The maximum Gasteiger partial charge on any atom is 0.0814 e. The topological polar surface area (TPSA) is 35.2 Å². The molecule has 1 unspecified atom stereocenters. The van der Waals surface area contributed by atoms with Gasteiger partial charge in [-0.05, 0) is 46.5 Å². The molecule has 1 rings (SSSR count). The Bertz CT molecular complexity index is 233. The van der Waals surface area contributed by atoms with E-state index in [4.69, 9.17) is 10.5 Å². The Hall–Kier alpha value is -0.340. The van der Waals surface area contributed by atoms with E-state index in [2.05, 4.69) is 19.9 Å². The number of ether oxygens (including phenoxy) is 1. The Morgan fingerprint density at radius 3 is 2.69 bits per heavy atom. The zero-order valence-corrected chi connectivity index (χ0v) is 11.1. The Balaban J connectivity index is 2.65. The third-order valence-corrected chi connectivity index (χ3v) is 3.49. The lowest BCUT2D eigenvalue weighted by atomic mass is 9.87. The first kappa shape index (κ1) is 13.7. The molecule has 0 aliphatic heterocycles. The van der Waals surface area contributed by atoms with E-state index in [0.29, 0.717) is 0 Å². The van der Waals surface area contributed by atoms with E-state index in [1.807, 2.05) is 6.92 Å². The van der Waals surface area contributed by atoms with Crippen LogP contribution in [0.4, 0.5) is 0 Å². The third kappa shape index (κ3) is 3.91. The Morgan fingerprint density at radius 2 is 2.00 bits per heavy atom. The molecule has 1 aliphatic carbocycles. The highest BCUT2D eigenvalue weighted by atomic mass is 16.5. The summed E-state index contributed by atoms with van der Waals surface area (Å²) in [7, 11) is 0. The summed E-state index contributed by atoms with van der Waals surface area (Å²) in [4.78, 5) is 0. The Labute approximate surface area is 100 Å².